The van der Waals surface area contributed by atoms with E-state index in [0.717, 1.165) is 54.6 Å². The van der Waals surface area contributed by atoms with Gasteiger partial charge < -0.3 is 18.5 Å². The Labute approximate surface area is 357 Å². The van der Waals surface area contributed by atoms with Crippen LogP contribution in [0.4, 0.5) is 0 Å². The summed E-state index contributed by atoms with van der Waals surface area (Å²) in [5.74, 6) is 2.62. The van der Waals surface area contributed by atoms with Crippen LogP contribution in [-0.2, 0) is 0 Å². The molecule has 0 aliphatic carbocycles. The Morgan fingerprint density at radius 1 is 0.317 bits per heavy atom. The molecule has 0 amide bonds. The van der Waals surface area contributed by atoms with Gasteiger partial charge in [0.25, 0.3) is 0 Å². The Morgan fingerprint density at radius 2 is 0.600 bits per heavy atom. The molecular weight excluding hydrogens is 775 g/mol. The van der Waals surface area contributed by atoms with Crippen molar-refractivity contribution in [3.63, 3.8) is 0 Å². The minimum Gasteiger partial charge on any atom is -0.496 e. The molecule has 6 heteroatoms. The fourth-order valence-electron chi connectivity index (χ4n) is 7.23. The summed E-state index contributed by atoms with van der Waals surface area (Å²) >= 11 is 0. The van der Waals surface area contributed by atoms with Crippen LogP contribution in [-0.4, -0.2) is 14.2 Å². The number of ether oxygens (including phenoxy) is 2. The Morgan fingerprint density at radius 3 is 0.867 bits per heavy atom. The van der Waals surface area contributed by atoms with Crippen molar-refractivity contribution >= 4 is 37.5 Å². The molecule has 0 unspecified atom stereocenters. The van der Waals surface area contributed by atoms with Gasteiger partial charge in [-0.2, -0.15) is 0 Å². The van der Waals surface area contributed by atoms with Crippen molar-refractivity contribution < 1.29 is 18.5 Å². The van der Waals surface area contributed by atoms with Gasteiger partial charge in [0.1, 0.15) is 23.0 Å². The topological polar surface area (TPSA) is 36.9 Å². The third kappa shape index (κ3) is 8.73. The van der Waals surface area contributed by atoms with Gasteiger partial charge in [0, 0.05) is 32.3 Å². The summed E-state index contributed by atoms with van der Waals surface area (Å²) in [5, 5.41) is 4.37. The van der Waals surface area contributed by atoms with E-state index in [2.05, 4.69) is 185 Å². The summed E-state index contributed by atoms with van der Waals surface area (Å²) in [7, 11) is 0.659. The molecule has 0 bridgehead atoms. The van der Waals surface area contributed by atoms with E-state index >= 15 is 0 Å². The number of hydrogen-bond acceptors (Lipinski definition) is 4. The predicted octanol–water partition coefficient (Wildman–Crippen LogP) is 12.8. The van der Waals surface area contributed by atoms with Gasteiger partial charge in [0.15, 0.2) is 16.3 Å². The highest BCUT2D eigenvalue weighted by molar-refractivity contribution is 7.69. The second-order valence-corrected chi connectivity index (χ2v) is 18.5. The molecular formula is C54H48O4P2. The maximum atomic E-state index is 7.66. The third-order valence-electron chi connectivity index (χ3n) is 10.5. The normalized spacial score (nSPS) is 11.1. The zero-order valence-electron chi connectivity index (χ0n) is 34.8. The highest BCUT2D eigenvalue weighted by atomic mass is 31.1. The molecule has 8 aromatic carbocycles. The van der Waals surface area contributed by atoms with Crippen molar-refractivity contribution in [1.29, 1.82) is 0 Å². The zero-order chi connectivity index (χ0) is 41.6. The number of methoxy groups -OCH3 is 2. The van der Waals surface area contributed by atoms with Crippen LogP contribution in [0.15, 0.2) is 182 Å². The maximum Gasteiger partial charge on any atom is 0.150 e. The molecule has 0 aliphatic heterocycles. The van der Waals surface area contributed by atoms with E-state index in [4.69, 9.17) is 18.5 Å². The van der Waals surface area contributed by atoms with E-state index in [0.29, 0.717) is 23.0 Å². The average Bonchev–Trinajstić information content (AvgIpc) is 3.29. The van der Waals surface area contributed by atoms with Gasteiger partial charge in [-0.25, -0.2) is 0 Å². The predicted molar refractivity (Wildman–Crippen MR) is 254 cm³/mol. The summed E-state index contributed by atoms with van der Waals surface area (Å²) in [6.45, 7) is 8.45. The van der Waals surface area contributed by atoms with Crippen LogP contribution in [0.1, 0.15) is 22.3 Å². The summed E-state index contributed by atoms with van der Waals surface area (Å²) in [6.07, 6.45) is 0. The monoisotopic (exact) mass is 822 g/mol. The minimum absolute atomic E-state index is 0.635. The van der Waals surface area contributed by atoms with E-state index in [1.165, 1.54) is 22.3 Å². The smallest absolute Gasteiger partial charge is 0.150 e. The van der Waals surface area contributed by atoms with Gasteiger partial charge in [-0.1, -0.05) is 180 Å². The van der Waals surface area contributed by atoms with Crippen molar-refractivity contribution in [3.8, 4) is 56.4 Å². The standard InChI is InChI=1S/C54H48O4P2/c1-37-17-25-43(26-18-37)59(44-27-19-38(2)20-28-44)57-53-47(41-13-9-7-10-14-41)33-35-49(55-5)51(53)52-50(56-6)36-34-48(42-15-11-8-12-16-42)54(52)58-60(45-29-21-39(3)22-30-45)46-31-23-40(4)24-32-46/h7-36H,1-6H3. The lowest BCUT2D eigenvalue weighted by Gasteiger charge is -2.28. The first-order valence-corrected chi connectivity index (χ1v) is 22.6. The number of aryl methyl sites for hydroxylation is 4. The van der Waals surface area contributed by atoms with Gasteiger partial charge in [-0.3, -0.25) is 0 Å². The molecule has 0 aliphatic rings. The zero-order valence-corrected chi connectivity index (χ0v) is 36.6. The first-order valence-electron chi connectivity index (χ1n) is 20.1. The lowest BCUT2D eigenvalue weighted by molar-refractivity contribution is 0.407. The Kier molecular flexibility index (Phi) is 12.4. The molecule has 298 valence electrons. The molecule has 0 N–H and O–H groups in total. The molecule has 0 saturated heterocycles. The van der Waals surface area contributed by atoms with Crippen LogP contribution < -0.4 is 39.7 Å². The highest BCUT2D eigenvalue weighted by Gasteiger charge is 2.32. The van der Waals surface area contributed by atoms with Crippen LogP contribution >= 0.6 is 16.3 Å². The van der Waals surface area contributed by atoms with Gasteiger partial charge in [0.05, 0.1) is 25.3 Å². The summed E-state index contributed by atoms with van der Waals surface area (Å²) in [6, 6.07) is 63.8. The van der Waals surface area contributed by atoms with Crippen molar-refractivity contribution in [3.05, 3.63) is 204 Å². The van der Waals surface area contributed by atoms with Crippen LogP contribution in [0.2, 0.25) is 0 Å². The fourth-order valence-corrected chi connectivity index (χ4v) is 10.7. The van der Waals surface area contributed by atoms with E-state index < -0.39 is 16.3 Å². The number of benzene rings is 8. The van der Waals surface area contributed by atoms with Crippen molar-refractivity contribution in [2.45, 2.75) is 27.7 Å². The third-order valence-corrected chi connectivity index (χ3v) is 14.3. The van der Waals surface area contributed by atoms with Crippen molar-refractivity contribution in [2.24, 2.45) is 0 Å². The first kappa shape index (κ1) is 40.6. The van der Waals surface area contributed by atoms with Crippen molar-refractivity contribution in [2.75, 3.05) is 14.2 Å². The molecule has 8 aromatic rings. The Balaban J connectivity index is 1.46. The molecule has 0 fully saturated rings. The average molecular weight is 823 g/mol. The number of rotatable bonds is 13. The molecule has 0 spiro atoms. The van der Waals surface area contributed by atoms with Crippen LogP contribution in [0.25, 0.3) is 33.4 Å². The van der Waals surface area contributed by atoms with E-state index in [1.54, 1.807) is 14.2 Å². The Hall–Kier alpha value is -6.18. The summed E-state index contributed by atoms with van der Waals surface area (Å²) < 4.78 is 28.1. The quantitative estimate of drug-likeness (QED) is 0.109. The van der Waals surface area contributed by atoms with Gasteiger partial charge in [0.2, 0.25) is 0 Å². The van der Waals surface area contributed by atoms with Crippen LogP contribution in [0.3, 0.4) is 0 Å². The van der Waals surface area contributed by atoms with E-state index in [-0.39, 0.29) is 0 Å². The first-order chi connectivity index (χ1) is 29.3. The lowest BCUT2D eigenvalue weighted by Crippen LogP contribution is -2.17. The molecule has 8 rings (SSSR count). The molecule has 0 heterocycles. The molecule has 60 heavy (non-hydrogen) atoms. The minimum atomic E-state index is -1.39. The van der Waals surface area contributed by atoms with Crippen LogP contribution in [0.5, 0.6) is 23.0 Å². The second kappa shape index (κ2) is 18.4. The molecule has 0 radical (unpaired) electrons. The largest absolute Gasteiger partial charge is 0.496 e. The van der Waals surface area contributed by atoms with Gasteiger partial charge >= 0.3 is 0 Å². The highest BCUT2D eigenvalue weighted by Crippen LogP contribution is 2.58. The molecule has 0 saturated carbocycles. The lowest BCUT2D eigenvalue weighted by atomic mass is 9.92. The van der Waals surface area contributed by atoms with Crippen LogP contribution in [0, 0.1) is 27.7 Å². The second-order valence-electron chi connectivity index (χ2n) is 14.9. The SMILES string of the molecule is COc1ccc(-c2ccccc2)c(OP(c2ccc(C)cc2)c2ccc(C)cc2)c1-c1c(OC)ccc(-c2ccccc2)c1OP(c1ccc(C)cc1)c1ccc(C)cc1. The Bertz CT molecular complexity index is 2400. The maximum absolute atomic E-state index is 7.66. The van der Waals surface area contributed by atoms with Crippen molar-refractivity contribution in [1.82, 2.24) is 0 Å². The summed E-state index contributed by atoms with van der Waals surface area (Å²) in [4.78, 5) is 0. The van der Waals surface area contributed by atoms with E-state index in [1.807, 2.05) is 24.3 Å². The molecule has 0 atom stereocenters. The van der Waals surface area contributed by atoms with Gasteiger partial charge in [-0.05, 0) is 63.1 Å². The van der Waals surface area contributed by atoms with Gasteiger partial charge in [-0.15, -0.1) is 0 Å². The molecule has 4 nitrogen and oxygen atoms in total. The fraction of sp³-hybridized carbons (Fsp3) is 0.111. The summed E-state index contributed by atoms with van der Waals surface area (Å²) in [5.41, 5.74) is 10.1. The number of hydrogen-bond donors (Lipinski definition) is 0. The molecule has 0 aromatic heterocycles. The van der Waals surface area contributed by atoms with E-state index in [9.17, 15) is 0 Å².